The Kier molecular flexibility index (Phi) is 13.0. The van der Waals surface area contributed by atoms with Crippen LogP contribution < -0.4 is 14.8 Å². The average Bonchev–Trinajstić information content (AvgIpc) is 2.77. The second kappa shape index (κ2) is 14.6. The van der Waals surface area contributed by atoms with Crippen molar-refractivity contribution in [3.63, 3.8) is 0 Å². The van der Waals surface area contributed by atoms with E-state index in [9.17, 15) is 13.9 Å². The summed E-state index contributed by atoms with van der Waals surface area (Å²) >= 11 is 0. The smallest absolute Gasteiger partial charge is 0.161 e. The molecule has 0 bridgehead atoms. The Morgan fingerprint density at radius 2 is 1.79 bits per heavy atom. The SMILES string of the molecule is CCCCC[C@H]1Cc2cc(OC)c(OC)cc2[C@@H](C[C@H](O)/C=C/c2ccc(F)cc2F)N1.S.S. The fourth-order valence-corrected chi connectivity index (χ4v) is 4.33. The lowest BCUT2D eigenvalue weighted by atomic mass is 9.85. The zero-order chi connectivity index (χ0) is 23.1. The molecule has 0 amide bonds. The third kappa shape index (κ3) is 7.90. The van der Waals surface area contributed by atoms with Crippen LogP contribution in [0.2, 0.25) is 0 Å². The van der Waals surface area contributed by atoms with Crippen LogP contribution in [-0.4, -0.2) is 31.5 Å². The third-order valence-corrected chi connectivity index (χ3v) is 6.02. The topological polar surface area (TPSA) is 50.7 Å². The van der Waals surface area contributed by atoms with Crippen molar-refractivity contribution in [2.75, 3.05) is 14.2 Å². The summed E-state index contributed by atoms with van der Waals surface area (Å²) < 4.78 is 38.0. The van der Waals surface area contributed by atoms with E-state index in [-0.39, 0.29) is 38.6 Å². The van der Waals surface area contributed by atoms with E-state index < -0.39 is 17.7 Å². The van der Waals surface area contributed by atoms with E-state index in [0.29, 0.717) is 24.0 Å². The molecule has 34 heavy (non-hydrogen) atoms. The summed E-state index contributed by atoms with van der Waals surface area (Å²) in [6, 6.07) is 7.64. The maximum absolute atomic E-state index is 13.9. The van der Waals surface area contributed by atoms with Gasteiger partial charge >= 0.3 is 0 Å². The molecule has 0 spiro atoms. The molecule has 0 aliphatic carbocycles. The first-order valence-electron chi connectivity index (χ1n) is 11.3. The number of unbranched alkanes of at least 4 members (excludes halogenated alkanes) is 2. The molecule has 3 atom stereocenters. The summed E-state index contributed by atoms with van der Waals surface area (Å²) in [5.74, 6) is 0.0800. The molecule has 2 aromatic carbocycles. The summed E-state index contributed by atoms with van der Waals surface area (Å²) in [4.78, 5) is 0. The van der Waals surface area contributed by atoms with Gasteiger partial charge in [0.25, 0.3) is 0 Å². The molecular formula is C26H37F2NO3S2. The fourth-order valence-electron chi connectivity index (χ4n) is 4.33. The van der Waals surface area contributed by atoms with Gasteiger partial charge in [0, 0.05) is 23.7 Å². The molecule has 3 rings (SSSR count). The van der Waals surface area contributed by atoms with E-state index in [2.05, 4.69) is 12.2 Å². The zero-order valence-electron chi connectivity index (χ0n) is 20.0. The lowest BCUT2D eigenvalue weighted by Crippen LogP contribution is -2.40. The van der Waals surface area contributed by atoms with Gasteiger partial charge in [-0.1, -0.05) is 38.3 Å². The molecule has 2 aromatic rings. The summed E-state index contributed by atoms with van der Waals surface area (Å²) in [6.45, 7) is 2.19. The lowest BCUT2D eigenvalue weighted by molar-refractivity contribution is 0.186. The number of hydrogen-bond donors (Lipinski definition) is 2. The summed E-state index contributed by atoms with van der Waals surface area (Å²) in [5, 5.41) is 14.4. The Morgan fingerprint density at radius 1 is 1.09 bits per heavy atom. The fraction of sp³-hybridized carbons (Fsp3) is 0.462. The molecule has 0 unspecified atom stereocenters. The van der Waals surface area contributed by atoms with Crippen molar-refractivity contribution in [3.8, 4) is 11.5 Å². The van der Waals surface area contributed by atoms with Crippen LogP contribution in [0.15, 0.2) is 36.4 Å². The second-order valence-electron chi connectivity index (χ2n) is 8.35. The third-order valence-electron chi connectivity index (χ3n) is 6.02. The van der Waals surface area contributed by atoms with Gasteiger partial charge in [-0.05, 0) is 54.7 Å². The van der Waals surface area contributed by atoms with Gasteiger partial charge in [-0.3, -0.25) is 0 Å². The Bertz CT molecular complexity index is 943. The highest BCUT2D eigenvalue weighted by atomic mass is 32.1. The van der Waals surface area contributed by atoms with Crippen LogP contribution in [0.25, 0.3) is 6.08 Å². The number of aliphatic hydroxyl groups is 1. The van der Waals surface area contributed by atoms with Crippen LogP contribution in [0, 0.1) is 11.6 Å². The minimum Gasteiger partial charge on any atom is -0.493 e. The van der Waals surface area contributed by atoms with Crippen molar-refractivity contribution >= 4 is 33.1 Å². The van der Waals surface area contributed by atoms with Gasteiger partial charge in [-0.25, -0.2) is 8.78 Å². The number of rotatable bonds is 10. The van der Waals surface area contributed by atoms with E-state index >= 15 is 0 Å². The first kappa shape index (κ1) is 30.3. The molecule has 4 nitrogen and oxygen atoms in total. The van der Waals surface area contributed by atoms with Crippen LogP contribution in [0.1, 0.15) is 61.8 Å². The first-order chi connectivity index (χ1) is 15.4. The van der Waals surface area contributed by atoms with E-state index in [0.717, 1.165) is 30.9 Å². The van der Waals surface area contributed by atoms with Gasteiger partial charge in [0.2, 0.25) is 0 Å². The van der Waals surface area contributed by atoms with Crippen LogP contribution in [-0.2, 0) is 6.42 Å². The normalized spacial score (nSPS) is 17.9. The molecular weight excluding hydrogens is 476 g/mol. The number of methoxy groups -OCH3 is 2. The van der Waals surface area contributed by atoms with Crippen molar-refractivity contribution in [2.24, 2.45) is 0 Å². The predicted molar refractivity (Wildman–Crippen MR) is 144 cm³/mol. The highest BCUT2D eigenvalue weighted by Gasteiger charge is 2.29. The van der Waals surface area contributed by atoms with E-state index in [4.69, 9.17) is 9.47 Å². The molecule has 1 heterocycles. The number of ether oxygens (including phenoxy) is 2. The van der Waals surface area contributed by atoms with E-state index in [1.54, 1.807) is 20.3 Å². The van der Waals surface area contributed by atoms with Gasteiger partial charge in [0.1, 0.15) is 11.6 Å². The van der Waals surface area contributed by atoms with Crippen molar-refractivity contribution < 1.29 is 23.4 Å². The molecule has 0 aromatic heterocycles. The Hall–Kier alpha value is -1.74. The van der Waals surface area contributed by atoms with Gasteiger partial charge in [-0.2, -0.15) is 27.0 Å². The van der Waals surface area contributed by atoms with Gasteiger partial charge in [-0.15, -0.1) is 0 Å². The minimum absolute atomic E-state index is 0. The lowest BCUT2D eigenvalue weighted by Gasteiger charge is -2.35. The van der Waals surface area contributed by atoms with E-state index in [1.807, 2.05) is 12.1 Å². The number of halogens is 2. The van der Waals surface area contributed by atoms with Gasteiger partial charge in [0.05, 0.1) is 20.3 Å². The molecule has 0 saturated heterocycles. The van der Waals surface area contributed by atoms with Crippen molar-refractivity contribution in [1.82, 2.24) is 5.32 Å². The Balaban J connectivity index is 0.00000289. The number of hydrogen-bond acceptors (Lipinski definition) is 4. The molecule has 0 saturated carbocycles. The van der Waals surface area contributed by atoms with Crippen LogP contribution in [0.5, 0.6) is 11.5 Å². The maximum atomic E-state index is 13.9. The summed E-state index contributed by atoms with van der Waals surface area (Å²) in [6.07, 6.45) is 8.13. The minimum atomic E-state index is -0.799. The number of aliphatic hydroxyl groups excluding tert-OH is 1. The molecule has 190 valence electrons. The number of nitrogens with one attached hydrogen (secondary N) is 1. The second-order valence-corrected chi connectivity index (χ2v) is 8.35. The van der Waals surface area contributed by atoms with Gasteiger partial charge < -0.3 is 19.9 Å². The first-order valence-corrected chi connectivity index (χ1v) is 11.3. The predicted octanol–water partition coefficient (Wildman–Crippen LogP) is 5.81. The van der Waals surface area contributed by atoms with E-state index in [1.165, 1.54) is 36.6 Å². The summed E-state index contributed by atoms with van der Waals surface area (Å²) in [5.41, 5.74) is 2.51. The Labute approximate surface area is 215 Å². The molecule has 8 heteroatoms. The molecule has 1 aliphatic rings. The Morgan fingerprint density at radius 3 is 2.44 bits per heavy atom. The number of benzene rings is 2. The standard InChI is InChI=1S/C26H33F2NO3.2H2S/c1-4-5-6-7-20-12-18-13-25(31-2)26(32-3)16-22(18)24(29-20)15-21(30)11-9-17-8-10-19(27)14-23(17)28;;/h8-11,13-14,16,20-21,24,29-30H,4-7,12,15H2,1-3H3;2*1H2/b11-9+;;/t20-,21+,24+;;/m0../s1. The molecule has 2 N–H and O–H groups in total. The maximum Gasteiger partial charge on any atom is 0.161 e. The number of fused-ring (bicyclic) bond motifs is 1. The highest BCUT2D eigenvalue weighted by Crippen LogP contribution is 2.38. The molecule has 1 aliphatic heterocycles. The van der Waals surface area contributed by atoms with Crippen molar-refractivity contribution in [2.45, 2.75) is 63.6 Å². The van der Waals surface area contributed by atoms with Crippen LogP contribution in [0.4, 0.5) is 8.78 Å². The van der Waals surface area contributed by atoms with Gasteiger partial charge in [0.15, 0.2) is 11.5 Å². The van der Waals surface area contributed by atoms with Crippen LogP contribution >= 0.6 is 27.0 Å². The molecule has 0 fully saturated rings. The molecule has 0 radical (unpaired) electrons. The average molecular weight is 514 g/mol. The quantitative estimate of drug-likeness (QED) is 0.394. The zero-order valence-corrected chi connectivity index (χ0v) is 22.0. The highest BCUT2D eigenvalue weighted by molar-refractivity contribution is 7.59. The van der Waals surface area contributed by atoms with Crippen molar-refractivity contribution in [1.29, 1.82) is 0 Å². The van der Waals surface area contributed by atoms with Crippen LogP contribution in [0.3, 0.4) is 0 Å². The van der Waals surface area contributed by atoms with Crippen molar-refractivity contribution in [3.05, 3.63) is 64.7 Å². The monoisotopic (exact) mass is 513 g/mol. The summed E-state index contributed by atoms with van der Waals surface area (Å²) in [7, 11) is 3.24. The largest absolute Gasteiger partial charge is 0.493 e.